The van der Waals surface area contributed by atoms with E-state index in [1.54, 1.807) is 12.3 Å². The molecule has 3 aliphatic rings. The zero-order valence-electron chi connectivity index (χ0n) is 17.8. The van der Waals surface area contributed by atoms with E-state index in [0.29, 0.717) is 42.8 Å². The number of anilines is 2. The molecule has 1 unspecified atom stereocenters. The standard InChI is InChI=1S/C22H25FN6O3/c1-24-20(30)15-4-5-17(19(23)26-15)29-8-6-28(7-9-29)12-13-10-16-22(25-11-13)32-18(14-2-3-14)21(31)27-16/h4-5,10-11,14,18H,2-3,6-9,12H2,1H3,(H,24,30)(H,27,31). The van der Waals surface area contributed by atoms with Gasteiger partial charge in [0.15, 0.2) is 6.10 Å². The van der Waals surface area contributed by atoms with E-state index in [1.165, 1.54) is 13.1 Å². The summed E-state index contributed by atoms with van der Waals surface area (Å²) >= 11 is 0. The zero-order chi connectivity index (χ0) is 22.2. The molecule has 0 radical (unpaired) electrons. The first kappa shape index (κ1) is 20.6. The van der Waals surface area contributed by atoms with Crippen molar-refractivity contribution < 1.29 is 18.7 Å². The molecule has 1 saturated heterocycles. The SMILES string of the molecule is CNC(=O)c1ccc(N2CCN(Cc3cnc4c(c3)NC(=O)C(C3CC3)O4)CC2)c(F)n1. The summed E-state index contributed by atoms with van der Waals surface area (Å²) in [5.74, 6) is -0.355. The van der Waals surface area contributed by atoms with E-state index in [-0.39, 0.29) is 11.6 Å². The molecular formula is C22H25FN6O3. The molecule has 0 aromatic carbocycles. The van der Waals surface area contributed by atoms with Crippen LogP contribution in [0, 0.1) is 11.9 Å². The molecule has 2 aromatic rings. The highest BCUT2D eigenvalue weighted by Gasteiger charge is 2.41. The lowest BCUT2D eigenvalue weighted by Gasteiger charge is -2.36. The van der Waals surface area contributed by atoms with Gasteiger partial charge >= 0.3 is 0 Å². The van der Waals surface area contributed by atoms with Crippen molar-refractivity contribution in [1.82, 2.24) is 20.2 Å². The van der Waals surface area contributed by atoms with Gasteiger partial charge in [0.1, 0.15) is 11.4 Å². The Morgan fingerprint density at radius 2 is 2.06 bits per heavy atom. The van der Waals surface area contributed by atoms with Crippen LogP contribution in [0.25, 0.3) is 0 Å². The van der Waals surface area contributed by atoms with Gasteiger partial charge in [0.05, 0.1) is 5.69 Å². The first-order valence-electron chi connectivity index (χ1n) is 10.8. The highest BCUT2D eigenvalue weighted by molar-refractivity contribution is 5.97. The van der Waals surface area contributed by atoms with Gasteiger partial charge in [0, 0.05) is 51.9 Å². The molecule has 32 heavy (non-hydrogen) atoms. The van der Waals surface area contributed by atoms with Crippen LogP contribution in [0.15, 0.2) is 24.4 Å². The van der Waals surface area contributed by atoms with Gasteiger partial charge in [-0.3, -0.25) is 14.5 Å². The Labute approximate surface area is 185 Å². The van der Waals surface area contributed by atoms with E-state index >= 15 is 0 Å². The zero-order valence-corrected chi connectivity index (χ0v) is 17.8. The summed E-state index contributed by atoms with van der Waals surface area (Å²) in [7, 11) is 1.49. The average molecular weight is 440 g/mol. The molecule has 2 fully saturated rings. The Morgan fingerprint density at radius 1 is 1.28 bits per heavy atom. The minimum atomic E-state index is -0.640. The summed E-state index contributed by atoms with van der Waals surface area (Å²) in [4.78, 5) is 36.3. The number of rotatable bonds is 5. The molecular weight excluding hydrogens is 415 g/mol. The van der Waals surface area contributed by atoms with E-state index < -0.39 is 18.0 Å². The van der Waals surface area contributed by atoms with Gasteiger partial charge in [-0.25, -0.2) is 9.97 Å². The second kappa shape index (κ2) is 8.34. The van der Waals surface area contributed by atoms with E-state index in [9.17, 15) is 14.0 Å². The normalized spacial score (nSPS) is 20.9. The van der Waals surface area contributed by atoms with Gasteiger partial charge in [0.25, 0.3) is 11.8 Å². The van der Waals surface area contributed by atoms with Crippen LogP contribution < -0.4 is 20.3 Å². The van der Waals surface area contributed by atoms with Crippen LogP contribution in [0.2, 0.25) is 0 Å². The number of aromatic nitrogens is 2. The summed E-state index contributed by atoms with van der Waals surface area (Å²) in [6, 6.07) is 5.05. The number of fused-ring (bicyclic) bond motifs is 1. The van der Waals surface area contributed by atoms with Gasteiger partial charge < -0.3 is 20.3 Å². The molecule has 2 N–H and O–H groups in total. The number of pyridine rings is 2. The van der Waals surface area contributed by atoms with Crippen LogP contribution in [0.4, 0.5) is 15.8 Å². The molecule has 2 aliphatic heterocycles. The van der Waals surface area contributed by atoms with E-state index in [1.807, 2.05) is 11.0 Å². The fourth-order valence-electron chi connectivity index (χ4n) is 4.17. The van der Waals surface area contributed by atoms with Gasteiger partial charge in [0.2, 0.25) is 11.8 Å². The second-order valence-corrected chi connectivity index (χ2v) is 8.41. The molecule has 10 heteroatoms. The molecule has 4 heterocycles. The van der Waals surface area contributed by atoms with E-state index in [4.69, 9.17) is 4.74 Å². The minimum Gasteiger partial charge on any atom is -0.462 e. The van der Waals surface area contributed by atoms with Crippen LogP contribution in [-0.2, 0) is 11.3 Å². The summed E-state index contributed by atoms with van der Waals surface area (Å²) < 4.78 is 20.3. The Hall–Kier alpha value is -3.27. The van der Waals surface area contributed by atoms with Crippen molar-refractivity contribution in [3.63, 3.8) is 0 Å². The van der Waals surface area contributed by atoms with Crippen molar-refractivity contribution in [2.45, 2.75) is 25.5 Å². The second-order valence-electron chi connectivity index (χ2n) is 8.41. The first-order valence-corrected chi connectivity index (χ1v) is 10.8. The lowest BCUT2D eigenvalue weighted by molar-refractivity contribution is -0.124. The summed E-state index contributed by atoms with van der Waals surface area (Å²) in [6.45, 7) is 3.42. The summed E-state index contributed by atoms with van der Waals surface area (Å²) in [5.41, 5.74) is 2.06. The Balaban J connectivity index is 1.19. The molecule has 0 spiro atoms. The maximum Gasteiger partial charge on any atom is 0.269 e. The third kappa shape index (κ3) is 4.10. The molecule has 9 nitrogen and oxygen atoms in total. The topological polar surface area (TPSA) is 99.7 Å². The highest BCUT2D eigenvalue weighted by Crippen LogP contribution is 2.39. The van der Waals surface area contributed by atoms with Gasteiger partial charge in [-0.2, -0.15) is 4.39 Å². The average Bonchev–Trinajstić information content (AvgIpc) is 3.64. The third-order valence-corrected chi connectivity index (χ3v) is 6.12. The monoisotopic (exact) mass is 440 g/mol. The predicted octanol–water partition coefficient (Wildman–Crippen LogP) is 1.41. The predicted molar refractivity (Wildman–Crippen MR) is 115 cm³/mol. The quantitative estimate of drug-likeness (QED) is 0.678. The van der Waals surface area contributed by atoms with Gasteiger partial charge in [-0.05, 0) is 36.6 Å². The highest BCUT2D eigenvalue weighted by atomic mass is 19.1. The lowest BCUT2D eigenvalue weighted by atomic mass is 10.1. The van der Waals surface area contributed by atoms with E-state index in [2.05, 4.69) is 25.5 Å². The molecule has 168 valence electrons. The molecule has 1 saturated carbocycles. The summed E-state index contributed by atoms with van der Waals surface area (Å²) in [5, 5.41) is 5.37. The van der Waals surface area contributed by atoms with Gasteiger partial charge in [-0.1, -0.05) is 0 Å². The molecule has 1 atom stereocenters. The number of halogens is 1. The smallest absolute Gasteiger partial charge is 0.269 e. The molecule has 1 aliphatic carbocycles. The van der Waals surface area contributed by atoms with Crippen molar-refractivity contribution in [2.24, 2.45) is 5.92 Å². The number of ether oxygens (including phenoxy) is 1. The number of nitrogens with zero attached hydrogens (tertiary/aromatic N) is 4. The van der Waals surface area contributed by atoms with Crippen molar-refractivity contribution in [3.05, 3.63) is 41.6 Å². The Morgan fingerprint density at radius 3 is 2.75 bits per heavy atom. The van der Waals surface area contributed by atoms with Crippen molar-refractivity contribution in [1.29, 1.82) is 0 Å². The number of carbonyl (C=O) groups excluding carboxylic acids is 2. The van der Waals surface area contributed by atoms with Crippen LogP contribution in [0.1, 0.15) is 28.9 Å². The minimum absolute atomic E-state index is 0.0619. The maximum absolute atomic E-state index is 14.4. The van der Waals surface area contributed by atoms with Crippen molar-refractivity contribution in [2.75, 3.05) is 43.4 Å². The number of nitrogens with one attached hydrogen (secondary N) is 2. The number of piperazine rings is 1. The molecule has 0 bridgehead atoms. The lowest BCUT2D eigenvalue weighted by Crippen LogP contribution is -2.46. The number of carbonyl (C=O) groups is 2. The van der Waals surface area contributed by atoms with Crippen LogP contribution >= 0.6 is 0 Å². The third-order valence-electron chi connectivity index (χ3n) is 6.12. The van der Waals surface area contributed by atoms with Crippen LogP contribution in [-0.4, -0.2) is 66.0 Å². The van der Waals surface area contributed by atoms with Crippen LogP contribution in [0.5, 0.6) is 5.88 Å². The Bertz CT molecular complexity index is 1050. The van der Waals surface area contributed by atoms with Crippen molar-refractivity contribution in [3.8, 4) is 5.88 Å². The first-order chi connectivity index (χ1) is 15.5. The molecule has 5 rings (SSSR count). The Kier molecular flexibility index (Phi) is 5.38. The van der Waals surface area contributed by atoms with Crippen LogP contribution in [0.3, 0.4) is 0 Å². The molecule has 2 aromatic heterocycles. The number of hydrogen-bond donors (Lipinski definition) is 2. The number of amides is 2. The largest absolute Gasteiger partial charge is 0.462 e. The van der Waals surface area contributed by atoms with Gasteiger partial charge in [-0.15, -0.1) is 0 Å². The van der Waals surface area contributed by atoms with E-state index in [0.717, 1.165) is 31.5 Å². The molecule has 2 amide bonds. The fraction of sp³-hybridized carbons (Fsp3) is 0.455. The fourth-order valence-corrected chi connectivity index (χ4v) is 4.17. The summed E-state index contributed by atoms with van der Waals surface area (Å²) in [6.07, 6.45) is 3.41. The maximum atomic E-state index is 14.4. The number of hydrogen-bond acceptors (Lipinski definition) is 7. The van der Waals surface area contributed by atoms with Crippen molar-refractivity contribution >= 4 is 23.2 Å².